The molecule has 512 valence electrons. The van der Waals surface area contributed by atoms with Crippen molar-refractivity contribution < 1.29 is 24.5 Å². The number of hydrogen-bond donors (Lipinski definition) is 3. The van der Waals surface area contributed by atoms with Crippen LogP contribution in [0.15, 0.2) is 48.6 Å². The number of amides is 1. The minimum atomic E-state index is -0.844. The molecular weight excluding hydrogens is 1070 g/mol. The molecule has 0 rings (SSSR count). The summed E-state index contributed by atoms with van der Waals surface area (Å²) in [6.45, 7) is 4.90. The average molecular weight is 1220 g/mol. The number of esters is 1. The first kappa shape index (κ1) is 84.8. The van der Waals surface area contributed by atoms with E-state index >= 15 is 0 Å². The highest BCUT2D eigenvalue weighted by Crippen LogP contribution is 2.19. The average Bonchev–Trinajstić information content (AvgIpc) is 3.52. The van der Waals surface area contributed by atoms with Crippen LogP contribution in [-0.4, -0.2) is 47.4 Å². The Morgan fingerprint density at radius 3 is 0.920 bits per heavy atom. The highest BCUT2D eigenvalue weighted by Gasteiger charge is 2.18. The summed E-state index contributed by atoms with van der Waals surface area (Å²) < 4.78 is 5.49. The van der Waals surface area contributed by atoms with Crippen LogP contribution in [0.3, 0.4) is 0 Å². The Hall–Kier alpha value is -2.18. The molecule has 87 heavy (non-hydrogen) atoms. The maximum absolute atomic E-state index is 12.5. The molecule has 2 atom stereocenters. The Balaban J connectivity index is 3.37. The normalized spacial score (nSPS) is 12.7. The number of carbonyl (C=O) groups excluding carboxylic acids is 2. The van der Waals surface area contributed by atoms with Gasteiger partial charge in [-0.25, -0.2) is 0 Å². The third kappa shape index (κ3) is 72.8. The summed E-state index contributed by atoms with van der Waals surface area (Å²) in [4.78, 5) is 24.6. The zero-order valence-corrected chi connectivity index (χ0v) is 58.8. The lowest BCUT2D eigenvalue weighted by molar-refractivity contribution is -0.143. The number of aliphatic hydroxyl groups is 2. The summed E-state index contributed by atoms with van der Waals surface area (Å²) in [5.41, 5.74) is 0. The van der Waals surface area contributed by atoms with Crippen molar-refractivity contribution in [2.24, 2.45) is 0 Å². The summed E-state index contributed by atoms with van der Waals surface area (Å²) in [5, 5.41) is 23.3. The fourth-order valence-corrected chi connectivity index (χ4v) is 12.3. The van der Waals surface area contributed by atoms with Crippen LogP contribution in [0.2, 0.25) is 0 Å². The highest BCUT2D eigenvalue weighted by molar-refractivity contribution is 5.76. The number of unbranched alkanes of at least 4 members (excludes halogenated alkanes) is 57. The summed E-state index contributed by atoms with van der Waals surface area (Å²) >= 11 is 0. The first-order valence-electron chi connectivity index (χ1n) is 39.4. The number of allylic oxidation sites excluding steroid dienone is 7. The van der Waals surface area contributed by atoms with Crippen LogP contribution in [0, 0.1) is 0 Å². The van der Waals surface area contributed by atoms with Crippen LogP contribution in [0.5, 0.6) is 0 Å². The van der Waals surface area contributed by atoms with Gasteiger partial charge in [-0.05, 0) is 83.5 Å². The van der Waals surface area contributed by atoms with E-state index in [1.54, 1.807) is 6.08 Å². The largest absolute Gasteiger partial charge is 0.466 e. The van der Waals surface area contributed by atoms with E-state index in [0.29, 0.717) is 19.4 Å². The molecule has 0 aliphatic heterocycles. The first-order valence-corrected chi connectivity index (χ1v) is 39.4. The molecule has 1 amide bonds. The summed E-state index contributed by atoms with van der Waals surface area (Å²) in [7, 11) is 0. The Kier molecular flexibility index (Phi) is 74.4. The minimum absolute atomic E-state index is 0.00562. The lowest BCUT2D eigenvalue weighted by atomic mass is 10.0. The van der Waals surface area contributed by atoms with Gasteiger partial charge in [-0.15, -0.1) is 0 Å². The Morgan fingerprint density at radius 1 is 0.322 bits per heavy atom. The van der Waals surface area contributed by atoms with Gasteiger partial charge in [0.25, 0.3) is 0 Å². The maximum Gasteiger partial charge on any atom is 0.305 e. The van der Waals surface area contributed by atoms with E-state index in [-0.39, 0.29) is 18.5 Å². The number of ether oxygens (including phenoxy) is 1. The number of nitrogens with one attached hydrogen (secondary N) is 1. The molecule has 2 unspecified atom stereocenters. The van der Waals surface area contributed by atoms with Gasteiger partial charge in [0.2, 0.25) is 5.91 Å². The zero-order chi connectivity index (χ0) is 62.8. The fraction of sp³-hybridized carbons (Fsp3) is 0.877. The molecule has 6 nitrogen and oxygen atoms in total. The van der Waals surface area contributed by atoms with Crippen LogP contribution in [-0.2, 0) is 14.3 Å². The van der Waals surface area contributed by atoms with E-state index in [1.165, 1.54) is 353 Å². The number of aliphatic hydroxyl groups excluding tert-OH is 2. The van der Waals surface area contributed by atoms with Crippen molar-refractivity contribution in [1.29, 1.82) is 0 Å². The third-order valence-corrected chi connectivity index (χ3v) is 18.3. The van der Waals surface area contributed by atoms with Crippen molar-refractivity contribution in [1.82, 2.24) is 5.32 Å². The van der Waals surface area contributed by atoms with Crippen molar-refractivity contribution in [3.05, 3.63) is 48.6 Å². The molecule has 0 aromatic heterocycles. The zero-order valence-electron chi connectivity index (χ0n) is 58.8. The van der Waals surface area contributed by atoms with Gasteiger partial charge < -0.3 is 20.3 Å². The SMILES string of the molecule is CCCC/C=C\C/C=C\CCCCCCCC(=O)OCCCCCCCCCCCCCCCC/C=C\CCCCCCCCCCCCCCCCCCCC(=O)NC(CO)C(O)/C=C/CCCCCCCCCCCCCCCCCCCCC. The van der Waals surface area contributed by atoms with E-state index in [0.717, 1.165) is 51.4 Å². The summed E-state index contributed by atoms with van der Waals surface area (Å²) in [6, 6.07) is -0.627. The van der Waals surface area contributed by atoms with E-state index in [4.69, 9.17) is 4.74 Å². The third-order valence-electron chi connectivity index (χ3n) is 18.3. The molecule has 0 radical (unpaired) electrons. The van der Waals surface area contributed by atoms with E-state index in [2.05, 4.69) is 55.6 Å². The first-order chi connectivity index (χ1) is 43.0. The molecule has 0 fully saturated rings. The van der Waals surface area contributed by atoms with Gasteiger partial charge >= 0.3 is 5.97 Å². The van der Waals surface area contributed by atoms with Gasteiger partial charge in [0.1, 0.15) is 0 Å². The second-order valence-electron chi connectivity index (χ2n) is 27.0. The molecule has 3 N–H and O–H groups in total. The predicted molar refractivity (Wildman–Crippen MR) is 384 cm³/mol. The topological polar surface area (TPSA) is 95.9 Å². The van der Waals surface area contributed by atoms with Gasteiger partial charge in [-0.1, -0.05) is 383 Å². The van der Waals surface area contributed by atoms with Gasteiger partial charge in [-0.2, -0.15) is 0 Å². The highest BCUT2D eigenvalue weighted by atomic mass is 16.5. The Morgan fingerprint density at radius 2 is 0.586 bits per heavy atom. The second kappa shape index (κ2) is 76.3. The predicted octanol–water partition coefficient (Wildman–Crippen LogP) is 26.0. The van der Waals surface area contributed by atoms with Gasteiger partial charge in [-0.3, -0.25) is 9.59 Å². The van der Waals surface area contributed by atoms with Gasteiger partial charge in [0, 0.05) is 12.8 Å². The van der Waals surface area contributed by atoms with Crippen LogP contribution < -0.4 is 5.32 Å². The molecular formula is C81H153NO5. The lowest BCUT2D eigenvalue weighted by Gasteiger charge is -2.20. The summed E-state index contributed by atoms with van der Waals surface area (Å²) in [6.07, 6.45) is 101. The standard InChI is InChI=1S/C81H153NO5/c1-3-5-7-9-11-13-15-17-19-20-21-37-40-43-46-49-53-57-61-65-69-73-79(84)78(77-83)82-80(85)74-70-66-62-58-54-50-47-44-41-38-35-33-31-29-27-25-23-22-24-26-28-30-32-34-36-39-42-45-48-52-56-60-64-68-72-76-87-81(86)75-71-67-63-59-55-51-18-16-14-12-10-8-6-4-2/h10,12,16,18,24,26,69,73,78-79,83-84H,3-9,11,13-15,17,19-23,25,27-68,70-72,74-77H2,1-2H3,(H,82,85)/b12-10-,18-16-,26-24-,73-69+. The van der Waals surface area contributed by atoms with Crippen molar-refractivity contribution >= 4 is 11.9 Å². The number of carbonyl (C=O) groups is 2. The second-order valence-corrected chi connectivity index (χ2v) is 27.0. The molecule has 0 aliphatic carbocycles. The summed E-state index contributed by atoms with van der Waals surface area (Å²) in [5.74, 6) is -0.0547. The molecule has 0 saturated heterocycles. The quantitative estimate of drug-likeness (QED) is 0.0320. The Bertz CT molecular complexity index is 1450. The van der Waals surface area contributed by atoms with E-state index < -0.39 is 12.1 Å². The molecule has 0 aromatic rings. The minimum Gasteiger partial charge on any atom is -0.466 e. The van der Waals surface area contributed by atoms with Crippen molar-refractivity contribution in [3.8, 4) is 0 Å². The van der Waals surface area contributed by atoms with Crippen molar-refractivity contribution in [3.63, 3.8) is 0 Å². The number of rotatable bonds is 74. The van der Waals surface area contributed by atoms with Crippen molar-refractivity contribution in [2.45, 2.75) is 443 Å². The fourth-order valence-electron chi connectivity index (χ4n) is 12.3. The smallest absolute Gasteiger partial charge is 0.305 e. The van der Waals surface area contributed by atoms with Gasteiger partial charge in [0.15, 0.2) is 0 Å². The molecule has 0 heterocycles. The molecule has 0 saturated carbocycles. The van der Waals surface area contributed by atoms with Crippen LogP contribution in [0.1, 0.15) is 431 Å². The monoisotopic (exact) mass is 1220 g/mol. The number of hydrogen-bond acceptors (Lipinski definition) is 5. The molecule has 0 bridgehead atoms. The van der Waals surface area contributed by atoms with Crippen LogP contribution in [0.25, 0.3) is 0 Å². The molecule has 0 spiro atoms. The Labute approximate surface area is 544 Å². The van der Waals surface area contributed by atoms with Crippen LogP contribution in [0.4, 0.5) is 0 Å². The molecule has 0 aromatic carbocycles. The molecule has 0 aliphatic rings. The van der Waals surface area contributed by atoms with E-state index in [9.17, 15) is 19.8 Å². The lowest BCUT2D eigenvalue weighted by Crippen LogP contribution is -2.45. The van der Waals surface area contributed by atoms with Gasteiger partial charge in [0.05, 0.1) is 25.4 Å². The van der Waals surface area contributed by atoms with Crippen LogP contribution >= 0.6 is 0 Å². The maximum atomic E-state index is 12.5. The van der Waals surface area contributed by atoms with Crippen molar-refractivity contribution in [2.75, 3.05) is 13.2 Å². The molecule has 6 heteroatoms. The van der Waals surface area contributed by atoms with E-state index in [1.807, 2.05) is 6.08 Å².